The van der Waals surface area contributed by atoms with Crippen LogP contribution in [0.4, 0.5) is 0 Å². The summed E-state index contributed by atoms with van der Waals surface area (Å²) in [7, 11) is 0. The summed E-state index contributed by atoms with van der Waals surface area (Å²) < 4.78 is 11.1. The minimum atomic E-state index is -0.272. The van der Waals surface area contributed by atoms with Gasteiger partial charge < -0.3 is 14.6 Å². The molecule has 1 aliphatic heterocycles. The van der Waals surface area contributed by atoms with Gasteiger partial charge in [-0.05, 0) is 32.8 Å². The maximum absolute atomic E-state index is 8.71. The fourth-order valence-corrected chi connectivity index (χ4v) is 1.49. The van der Waals surface area contributed by atoms with E-state index in [0.717, 1.165) is 12.0 Å². The average Bonchev–Trinajstić information content (AvgIpc) is 2.03. The molecule has 0 aromatic carbocycles. The number of aliphatic hydroxyl groups excluding tert-OH is 1. The van der Waals surface area contributed by atoms with Gasteiger partial charge in [-0.3, -0.25) is 0 Å². The lowest BCUT2D eigenvalue weighted by Crippen LogP contribution is -2.36. The van der Waals surface area contributed by atoms with E-state index in [2.05, 4.69) is 0 Å². The maximum atomic E-state index is 8.71. The van der Waals surface area contributed by atoms with Crippen molar-refractivity contribution in [3.8, 4) is 0 Å². The zero-order valence-corrected chi connectivity index (χ0v) is 8.49. The Morgan fingerprint density at radius 2 is 1.92 bits per heavy atom. The van der Waals surface area contributed by atoms with Crippen molar-refractivity contribution in [3.05, 3.63) is 11.6 Å². The van der Waals surface area contributed by atoms with Gasteiger partial charge in [0, 0.05) is 0 Å². The van der Waals surface area contributed by atoms with Gasteiger partial charge in [-0.1, -0.05) is 6.08 Å². The average molecular weight is 186 g/mol. The van der Waals surface area contributed by atoms with Crippen LogP contribution in [0.25, 0.3) is 0 Å². The SMILES string of the molecule is CC(=CCO)C1OC(C)CC(C)O1. The van der Waals surface area contributed by atoms with Crippen LogP contribution in [0.1, 0.15) is 27.2 Å². The fraction of sp³-hybridized carbons (Fsp3) is 0.800. The summed E-state index contributed by atoms with van der Waals surface area (Å²) in [4.78, 5) is 0. The molecule has 1 fully saturated rings. The van der Waals surface area contributed by atoms with Crippen molar-refractivity contribution >= 4 is 0 Å². The van der Waals surface area contributed by atoms with E-state index in [1.165, 1.54) is 0 Å². The van der Waals surface area contributed by atoms with Crippen molar-refractivity contribution in [1.82, 2.24) is 0 Å². The first-order valence-electron chi connectivity index (χ1n) is 4.72. The summed E-state index contributed by atoms with van der Waals surface area (Å²) in [5.41, 5.74) is 0.945. The first kappa shape index (κ1) is 10.7. The smallest absolute Gasteiger partial charge is 0.180 e. The molecule has 0 amide bonds. The predicted octanol–water partition coefficient (Wildman–Crippen LogP) is 1.47. The fourth-order valence-electron chi connectivity index (χ4n) is 1.49. The van der Waals surface area contributed by atoms with Gasteiger partial charge in [-0.2, -0.15) is 0 Å². The molecular formula is C10H18O3. The standard InChI is InChI=1S/C10H18O3/c1-7(4-5-11)10-12-8(2)6-9(3)13-10/h4,8-11H,5-6H2,1-3H3. The second-order valence-corrected chi connectivity index (χ2v) is 3.59. The highest BCUT2D eigenvalue weighted by molar-refractivity contribution is 5.02. The van der Waals surface area contributed by atoms with E-state index in [-0.39, 0.29) is 25.1 Å². The normalized spacial score (nSPS) is 36.3. The summed E-state index contributed by atoms with van der Waals surface area (Å²) in [5, 5.41) is 8.71. The minimum Gasteiger partial charge on any atom is -0.392 e. The van der Waals surface area contributed by atoms with E-state index in [4.69, 9.17) is 14.6 Å². The molecule has 1 aliphatic rings. The molecule has 0 saturated carbocycles. The Labute approximate surface area is 79.3 Å². The van der Waals surface area contributed by atoms with Crippen molar-refractivity contribution in [3.63, 3.8) is 0 Å². The predicted molar refractivity (Wildman–Crippen MR) is 50.3 cm³/mol. The molecule has 1 heterocycles. The molecule has 13 heavy (non-hydrogen) atoms. The Balaban J connectivity index is 2.54. The summed E-state index contributed by atoms with van der Waals surface area (Å²) >= 11 is 0. The van der Waals surface area contributed by atoms with Gasteiger partial charge in [0.15, 0.2) is 6.29 Å². The van der Waals surface area contributed by atoms with E-state index < -0.39 is 0 Å². The van der Waals surface area contributed by atoms with E-state index in [9.17, 15) is 0 Å². The van der Waals surface area contributed by atoms with Crippen LogP contribution in [0.3, 0.4) is 0 Å². The van der Waals surface area contributed by atoms with Gasteiger partial charge in [-0.25, -0.2) is 0 Å². The van der Waals surface area contributed by atoms with Gasteiger partial charge >= 0.3 is 0 Å². The lowest BCUT2D eigenvalue weighted by molar-refractivity contribution is -0.215. The van der Waals surface area contributed by atoms with Gasteiger partial charge in [0.2, 0.25) is 0 Å². The highest BCUT2D eigenvalue weighted by Crippen LogP contribution is 2.22. The van der Waals surface area contributed by atoms with Crippen LogP contribution in [-0.2, 0) is 9.47 Å². The first-order valence-corrected chi connectivity index (χ1v) is 4.72. The lowest BCUT2D eigenvalue weighted by Gasteiger charge is -2.33. The maximum Gasteiger partial charge on any atom is 0.180 e. The summed E-state index contributed by atoms with van der Waals surface area (Å²) in [6, 6.07) is 0. The zero-order valence-electron chi connectivity index (χ0n) is 8.49. The van der Waals surface area contributed by atoms with Crippen molar-refractivity contribution in [2.75, 3.05) is 6.61 Å². The van der Waals surface area contributed by atoms with Crippen LogP contribution in [-0.4, -0.2) is 30.2 Å². The summed E-state index contributed by atoms with van der Waals surface area (Å²) in [6.45, 7) is 6.03. The summed E-state index contributed by atoms with van der Waals surface area (Å²) in [5.74, 6) is 0. The van der Waals surface area contributed by atoms with Crippen LogP contribution in [0.5, 0.6) is 0 Å². The third kappa shape index (κ3) is 3.10. The quantitative estimate of drug-likeness (QED) is 0.664. The highest BCUT2D eigenvalue weighted by atomic mass is 16.7. The topological polar surface area (TPSA) is 38.7 Å². The molecule has 76 valence electrons. The second kappa shape index (κ2) is 4.74. The number of aliphatic hydroxyl groups is 1. The number of rotatable bonds is 2. The van der Waals surface area contributed by atoms with Crippen molar-refractivity contribution in [1.29, 1.82) is 0 Å². The second-order valence-electron chi connectivity index (χ2n) is 3.59. The molecule has 1 N–H and O–H groups in total. The highest BCUT2D eigenvalue weighted by Gasteiger charge is 2.25. The summed E-state index contributed by atoms with van der Waals surface area (Å²) in [6.07, 6.45) is 2.84. The first-order chi connectivity index (χ1) is 6.13. The van der Waals surface area contributed by atoms with Crippen molar-refractivity contribution in [2.24, 2.45) is 0 Å². The Morgan fingerprint density at radius 1 is 1.38 bits per heavy atom. The van der Waals surface area contributed by atoms with Crippen LogP contribution in [0.15, 0.2) is 11.6 Å². The minimum absolute atomic E-state index is 0.0395. The Morgan fingerprint density at radius 3 is 2.38 bits per heavy atom. The molecule has 3 heteroatoms. The van der Waals surface area contributed by atoms with Crippen molar-refractivity contribution in [2.45, 2.75) is 45.7 Å². The third-order valence-corrected chi connectivity index (χ3v) is 2.16. The Kier molecular flexibility index (Phi) is 3.90. The van der Waals surface area contributed by atoms with Crippen LogP contribution in [0, 0.1) is 0 Å². The number of ether oxygens (including phenoxy) is 2. The Hall–Kier alpha value is -0.380. The molecule has 0 aliphatic carbocycles. The molecule has 0 spiro atoms. The molecule has 3 nitrogen and oxygen atoms in total. The van der Waals surface area contributed by atoms with E-state index in [1.54, 1.807) is 6.08 Å². The zero-order chi connectivity index (χ0) is 9.84. The largest absolute Gasteiger partial charge is 0.392 e. The van der Waals surface area contributed by atoms with Gasteiger partial charge in [0.05, 0.1) is 18.8 Å². The molecule has 0 bridgehead atoms. The monoisotopic (exact) mass is 186 g/mol. The molecule has 2 atom stereocenters. The van der Waals surface area contributed by atoms with Gasteiger partial charge in [-0.15, -0.1) is 0 Å². The van der Waals surface area contributed by atoms with E-state index >= 15 is 0 Å². The third-order valence-electron chi connectivity index (χ3n) is 2.16. The van der Waals surface area contributed by atoms with Crippen molar-refractivity contribution < 1.29 is 14.6 Å². The molecule has 0 radical (unpaired) electrons. The molecule has 2 unspecified atom stereocenters. The molecule has 0 aromatic heterocycles. The Bertz CT molecular complexity index is 179. The van der Waals surface area contributed by atoms with Crippen LogP contribution in [0.2, 0.25) is 0 Å². The number of hydrogen-bond acceptors (Lipinski definition) is 3. The molecule has 1 rings (SSSR count). The van der Waals surface area contributed by atoms with Crippen LogP contribution >= 0.6 is 0 Å². The molecule has 1 saturated heterocycles. The van der Waals surface area contributed by atoms with E-state index in [1.807, 2.05) is 20.8 Å². The molecule has 0 aromatic rings. The van der Waals surface area contributed by atoms with Crippen LogP contribution < -0.4 is 0 Å². The number of hydrogen-bond donors (Lipinski definition) is 1. The van der Waals surface area contributed by atoms with E-state index in [0.29, 0.717) is 0 Å². The van der Waals surface area contributed by atoms with Gasteiger partial charge in [0.1, 0.15) is 0 Å². The lowest BCUT2D eigenvalue weighted by atomic mass is 10.1. The molecular weight excluding hydrogens is 168 g/mol. The van der Waals surface area contributed by atoms with Gasteiger partial charge in [0.25, 0.3) is 0 Å².